The smallest absolute Gasteiger partial charge is 0.233 e. The predicted molar refractivity (Wildman–Crippen MR) is 53.8 cm³/mol. The summed E-state index contributed by atoms with van der Waals surface area (Å²) < 4.78 is 0. The largest absolute Gasteiger partial charge is 0.389 e. The Morgan fingerprint density at radius 1 is 1.27 bits per heavy atom. The van der Waals surface area contributed by atoms with Crippen molar-refractivity contribution < 1.29 is 14.7 Å². The first-order valence-electron chi connectivity index (χ1n) is 5.24. The summed E-state index contributed by atoms with van der Waals surface area (Å²) >= 11 is 0. The quantitative estimate of drug-likeness (QED) is 0.672. The van der Waals surface area contributed by atoms with Crippen LogP contribution in [0.25, 0.3) is 0 Å². The lowest BCUT2D eigenvalue weighted by Crippen LogP contribution is -2.45. The van der Waals surface area contributed by atoms with Crippen molar-refractivity contribution in [1.29, 1.82) is 0 Å². The van der Waals surface area contributed by atoms with Crippen LogP contribution in [0.1, 0.15) is 27.7 Å². The molecule has 4 nitrogen and oxygen atoms in total. The number of rotatable bonds is 2. The van der Waals surface area contributed by atoms with Gasteiger partial charge in [0.25, 0.3) is 0 Å². The average Bonchev–Trinajstić information content (AvgIpc) is 2.50. The molecule has 1 aliphatic carbocycles. The fraction of sp³-hybridized carbons (Fsp3) is 0.818. The molecule has 1 heterocycles. The molecule has 2 rings (SSSR count). The van der Waals surface area contributed by atoms with Gasteiger partial charge < -0.3 is 5.11 Å². The van der Waals surface area contributed by atoms with Crippen LogP contribution in [-0.4, -0.2) is 34.0 Å². The molecule has 1 aliphatic heterocycles. The van der Waals surface area contributed by atoms with Crippen molar-refractivity contribution in [3.63, 3.8) is 0 Å². The second kappa shape index (κ2) is 2.61. The van der Waals surface area contributed by atoms with E-state index in [0.717, 1.165) is 0 Å². The molecule has 2 unspecified atom stereocenters. The van der Waals surface area contributed by atoms with Crippen LogP contribution in [0.5, 0.6) is 0 Å². The Morgan fingerprint density at radius 3 is 2.00 bits per heavy atom. The fourth-order valence-corrected chi connectivity index (χ4v) is 2.55. The molecule has 1 saturated carbocycles. The summed E-state index contributed by atoms with van der Waals surface area (Å²) in [6, 6.07) is 0. The molecule has 84 valence electrons. The molecular weight excluding hydrogens is 194 g/mol. The number of fused-ring (bicyclic) bond motifs is 1. The van der Waals surface area contributed by atoms with E-state index in [0.29, 0.717) is 0 Å². The number of aliphatic hydroxyl groups is 1. The summed E-state index contributed by atoms with van der Waals surface area (Å²) in [5.41, 5.74) is -1.17. The lowest BCUT2D eigenvalue weighted by atomic mass is 10.0. The van der Waals surface area contributed by atoms with Gasteiger partial charge in [0.1, 0.15) is 0 Å². The van der Waals surface area contributed by atoms with Crippen LogP contribution in [0.4, 0.5) is 0 Å². The monoisotopic (exact) mass is 211 g/mol. The number of β-amino-alcohol motifs (C(OH)–C–C–N with tert-alkyl or cyclic N) is 1. The number of carbonyl (C=O) groups excluding carboxylic acids is 2. The van der Waals surface area contributed by atoms with Gasteiger partial charge >= 0.3 is 0 Å². The van der Waals surface area contributed by atoms with Gasteiger partial charge in [-0.1, -0.05) is 13.8 Å². The number of hydrogen-bond acceptors (Lipinski definition) is 3. The second-order valence-electron chi connectivity index (χ2n) is 5.85. The van der Waals surface area contributed by atoms with Crippen LogP contribution < -0.4 is 0 Å². The summed E-state index contributed by atoms with van der Waals surface area (Å²) in [4.78, 5) is 24.9. The summed E-state index contributed by atoms with van der Waals surface area (Å²) in [5, 5.41) is 9.60. The van der Waals surface area contributed by atoms with Gasteiger partial charge in [0.2, 0.25) is 11.8 Å². The molecule has 1 saturated heterocycles. The molecule has 15 heavy (non-hydrogen) atoms. The molecule has 1 N–H and O–H groups in total. The van der Waals surface area contributed by atoms with Gasteiger partial charge in [-0.05, 0) is 19.3 Å². The van der Waals surface area contributed by atoms with E-state index >= 15 is 0 Å². The minimum Gasteiger partial charge on any atom is -0.389 e. The Labute approximate surface area is 89.3 Å². The van der Waals surface area contributed by atoms with Crippen LogP contribution in [0.15, 0.2) is 0 Å². The van der Waals surface area contributed by atoms with Crippen molar-refractivity contribution >= 4 is 11.8 Å². The lowest BCUT2D eigenvalue weighted by Gasteiger charge is -2.26. The van der Waals surface area contributed by atoms with Gasteiger partial charge in [-0.2, -0.15) is 0 Å². The molecule has 4 heteroatoms. The Bertz CT molecular complexity index is 316. The highest BCUT2D eigenvalue weighted by Crippen LogP contribution is 2.63. The van der Waals surface area contributed by atoms with Crippen molar-refractivity contribution in [2.24, 2.45) is 17.3 Å². The summed E-state index contributed by atoms with van der Waals surface area (Å²) in [6.07, 6.45) is 0. The van der Waals surface area contributed by atoms with Crippen LogP contribution in [0.2, 0.25) is 0 Å². The number of imide groups is 1. The van der Waals surface area contributed by atoms with Crippen molar-refractivity contribution in [3.8, 4) is 0 Å². The fourth-order valence-electron chi connectivity index (χ4n) is 2.55. The molecule has 0 aromatic rings. The van der Waals surface area contributed by atoms with E-state index in [4.69, 9.17) is 0 Å². The highest BCUT2D eigenvalue weighted by Gasteiger charge is 2.72. The third-order valence-corrected chi connectivity index (χ3v) is 3.44. The number of nitrogens with zero attached hydrogens (tertiary/aromatic N) is 1. The highest BCUT2D eigenvalue weighted by molar-refractivity contribution is 6.10. The summed E-state index contributed by atoms with van der Waals surface area (Å²) in [5.74, 6) is -0.519. The van der Waals surface area contributed by atoms with Gasteiger partial charge in [-0.25, -0.2) is 0 Å². The maximum absolute atomic E-state index is 11.8. The Morgan fingerprint density at radius 2 is 1.67 bits per heavy atom. The molecule has 2 fully saturated rings. The van der Waals surface area contributed by atoms with E-state index in [1.165, 1.54) is 4.90 Å². The molecular formula is C11H17NO3. The first-order chi connectivity index (χ1) is 6.66. The van der Waals surface area contributed by atoms with E-state index in [1.54, 1.807) is 13.8 Å². The minimum absolute atomic E-state index is 0.105. The van der Waals surface area contributed by atoms with Crippen molar-refractivity contribution in [2.45, 2.75) is 33.3 Å². The Balaban J connectivity index is 2.15. The van der Waals surface area contributed by atoms with E-state index < -0.39 is 5.60 Å². The third-order valence-electron chi connectivity index (χ3n) is 3.44. The van der Waals surface area contributed by atoms with E-state index in [2.05, 4.69) is 0 Å². The molecule has 0 bridgehead atoms. The van der Waals surface area contributed by atoms with Crippen molar-refractivity contribution in [3.05, 3.63) is 0 Å². The van der Waals surface area contributed by atoms with Gasteiger partial charge in [-0.3, -0.25) is 14.5 Å². The number of carbonyl (C=O) groups is 2. The van der Waals surface area contributed by atoms with Gasteiger partial charge in [-0.15, -0.1) is 0 Å². The van der Waals surface area contributed by atoms with Crippen molar-refractivity contribution in [2.75, 3.05) is 6.54 Å². The van der Waals surface area contributed by atoms with Crippen LogP contribution >= 0.6 is 0 Å². The van der Waals surface area contributed by atoms with Gasteiger partial charge in [0, 0.05) is 0 Å². The molecule has 2 aliphatic rings. The molecule has 0 aromatic heterocycles. The molecule has 0 spiro atoms. The summed E-state index contributed by atoms with van der Waals surface area (Å²) in [7, 11) is 0. The molecule has 0 radical (unpaired) electrons. The molecule has 2 amide bonds. The Hall–Kier alpha value is -0.900. The van der Waals surface area contributed by atoms with Crippen LogP contribution in [-0.2, 0) is 9.59 Å². The minimum atomic E-state index is -1.01. The van der Waals surface area contributed by atoms with E-state index in [1.807, 2.05) is 13.8 Å². The molecule has 2 atom stereocenters. The van der Waals surface area contributed by atoms with E-state index in [9.17, 15) is 14.7 Å². The van der Waals surface area contributed by atoms with Gasteiger partial charge in [0.05, 0.1) is 24.0 Å². The number of piperidine rings is 1. The Kier molecular flexibility index (Phi) is 1.85. The topological polar surface area (TPSA) is 57.6 Å². The highest BCUT2D eigenvalue weighted by atomic mass is 16.3. The van der Waals surface area contributed by atoms with Crippen LogP contribution in [0.3, 0.4) is 0 Å². The number of hydrogen-bond donors (Lipinski definition) is 1. The predicted octanol–water partition coefficient (Wildman–Crippen LogP) is 0.398. The zero-order valence-corrected chi connectivity index (χ0v) is 9.57. The summed E-state index contributed by atoms with van der Waals surface area (Å²) in [6.45, 7) is 7.19. The van der Waals surface area contributed by atoms with Gasteiger partial charge in [0.15, 0.2) is 0 Å². The lowest BCUT2D eigenvalue weighted by molar-refractivity contribution is -0.146. The normalized spacial score (nSPS) is 33.3. The zero-order valence-electron chi connectivity index (χ0n) is 9.57. The average molecular weight is 211 g/mol. The SMILES string of the molecule is CC(C)(O)CN1C(=O)C2C(C1=O)C2(C)C. The first-order valence-corrected chi connectivity index (χ1v) is 5.24. The second-order valence-corrected chi connectivity index (χ2v) is 5.85. The molecule has 0 aromatic carbocycles. The van der Waals surface area contributed by atoms with Crippen LogP contribution in [0, 0.1) is 17.3 Å². The first kappa shape index (κ1) is 10.6. The third kappa shape index (κ3) is 1.39. The van der Waals surface area contributed by atoms with Crippen molar-refractivity contribution in [1.82, 2.24) is 4.90 Å². The standard InChI is InChI=1S/C11H17NO3/c1-10(2,15)5-12-8(13)6-7(9(12)14)11(6,3)4/h6-7,15H,5H2,1-4H3. The maximum atomic E-state index is 11.8. The van der Waals surface area contributed by atoms with E-state index in [-0.39, 0.29) is 35.6 Å². The maximum Gasteiger partial charge on any atom is 0.233 e. The zero-order chi connectivity index (χ0) is 11.6. The number of amides is 2. The number of likely N-dealkylation sites (tertiary alicyclic amines) is 1.